The van der Waals surface area contributed by atoms with E-state index < -0.39 is 10.0 Å². The minimum absolute atomic E-state index is 0.127. The number of benzene rings is 2. The van der Waals surface area contributed by atoms with Gasteiger partial charge in [0.25, 0.3) is 5.91 Å². The van der Waals surface area contributed by atoms with Gasteiger partial charge in [0.05, 0.1) is 18.1 Å². The van der Waals surface area contributed by atoms with E-state index in [9.17, 15) is 13.2 Å². The molecule has 1 aliphatic rings. The van der Waals surface area contributed by atoms with Crippen LogP contribution in [0.3, 0.4) is 0 Å². The summed E-state index contributed by atoms with van der Waals surface area (Å²) >= 11 is 0. The van der Waals surface area contributed by atoms with Crippen molar-refractivity contribution < 1.29 is 17.9 Å². The summed E-state index contributed by atoms with van der Waals surface area (Å²) in [6, 6.07) is 14.0. The zero-order valence-corrected chi connectivity index (χ0v) is 16.7. The molecule has 2 N–H and O–H groups in total. The molecule has 0 spiro atoms. The molecule has 0 unspecified atom stereocenters. The topological polar surface area (TPSA) is 87.7 Å². The van der Waals surface area contributed by atoms with E-state index in [2.05, 4.69) is 27.1 Å². The number of hydrogen-bond donors (Lipinski definition) is 2. The van der Waals surface area contributed by atoms with Crippen molar-refractivity contribution in [2.75, 3.05) is 33.4 Å². The van der Waals surface area contributed by atoms with Gasteiger partial charge in [-0.2, -0.15) is 0 Å². The van der Waals surface area contributed by atoms with Crippen LogP contribution in [0.5, 0.6) is 0 Å². The fourth-order valence-corrected chi connectivity index (χ4v) is 3.70. The molecule has 8 heteroatoms. The Hall–Kier alpha value is -2.26. The molecule has 1 amide bonds. The van der Waals surface area contributed by atoms with Gasteiger partial charge in [-0.1, -0.05) is 24.3 Å². The van der Waals surface area contributed by atoms with Gasteiger partial charge >= 0.3 is 0 Å². The Bertz CT molecular complexity index is 890. The van der Waals surface area contributed by atoms with Gasteiger partial charge in [0.15, 0.2) is 0 Å². The number of carbonyl (C=O) groups excluding carboxylic acids is 1. The molecule has 0 bridgehead atoms. The summed E-state index contributed by atoms with van der Waals surface area (Å²) in [6.45, 7) is 4.78. The predicted octanol–water partition coefficient (Wildman–Crippen LogP) is 1.36. The Balaban J connectivity index is 1.52. The zero-order chi connectivity index (χ0) is 20.0. The highest BCUT2D eigenvalue weighted by atomic mass is 32.2. The second-order valence-corrected chi connectivity index (χ2v) is 8.51. The minimum atomic E-state index is -3.50. The van der Waals surface area contributed by atoms with Crippen LogP contribution in [0, 0.1) is 0 Å². The Labute approximate surface area is 165 Å². The summed E-state index contributed by atoms with van der Waals surface area (Å²) < 4.78 is 31.1. The Morgan fingerprint density at radius 1 is 1.00 bits per heavy atom. The van der Waals surface area contributed by atoms with Crippen LogP contribution in [-0.4, -0.2) is 52.6 Å². The molecule has 1 heterocycles. The van der Waals surface area contributed by atoms with E-state index in [4.69, 9.17) is 4.74 Å². The second kappa shape index (κ2) is 9.29. The molecule has 0 aliphatic carbocycles. The molecule has 28 heavy (non-hydrogen) atoms. The maximum Gasteiger partial charge on any atom is 0.251 e. The van der Waals surface area contributed by atoms with Crippen molar-refractivity contribution in [1.29, 1.82) is 0 Å². The number of morpholine rings is 1. The highest BCUT2D eigenvalue weighted by Crippen LogP contribution is 2.12. The highest BCUT2D eigenvalue weighted by molar-refractivity contribution is 7.89. The average molecular weight is 404 g/mol. The summed E-state index contributed by atoms with van der Waals surface area (Å²) in [5, 5.41) is 2.86. The van der Waals surface area contributed by atoms with E-state index >= 15 is 0 Å². The van der Waals surface area contributed by atoms with Crippen LogP contribution in [0.4, 0.5) is 0 Å². The number of sulfonamides is 1. The maximum atomic E-state index is 12.3. The molecule has 2 aromatic carbocycles. The number of nitrogens with one attached hydrogen (secondary N) is 2. The summed E-state index contributed by atoms with van der Waals surface area (Å²) in [7, 11) is -2.15. The normalized spacial score (nSPS) is 15.3. The highest BCUT2D eigenvalue weighted by Gasteiger charge is 2.13. The van der Waals surface area contributed by atoms with E-state index in [1.165, 1.54) is 36.9 Å². The lowest BCUT2D eigenvalue weighted by Gasteiger charge is -2.26. The largest absolute Gasteiger partial charge is 0.379 e. The van der Waals surface area contributed by atoms with Crippen molar-refractivity contribution in [3.8, 4) is 0 Å². The third kappa shape index (κ3) is 5.39. The van der Waals surface area contributed by atoms with Crippen LogP contribution < -0.4 is 10.0 Å². The number of nitrogens with zero attached hydrogens (tertiary/aromatic N) is 1. The molecular formula is C20H25N3O4S. The third-order valence-electron chi connectivity index (χ3n) is 4.68. The van der Waals surface area contributed by atoms with Gasteiger partial charge in [-0.3, -0.25) is 9.69 Å². The van der Waals surface area contributed by atoms with Crippen molar-refractivity contribution in [3.63, 3.8) is 0 Å². The second-order valence-electron chi connectivity index (χ2n) is 6.62. The third-order valence-corrected chi connectivity index (χ3v) is 6.11. The van der Waals surface area contributed by atoms with Crippen molar-refractivity contribution in [3.05, 3.63) is 65.2 Å². The zero-order valence-electron chi connectivity index (χ0n) is 15.8. The molecule has 1 saturated heterocycles. The van der Waals surface area contributed by atoms with Crippen molar-refractivity contribution in [2.45, 2.75) is 18.0 Å². The standard InChI is InChI=1S/C20H25N3O4S/c1-21-28(25,26)19-8-6-18(7-9-19)20(24)22-14-16-2-4-17(5-3-16)15-23-10-12-27-13-11-23/h2-9,21H,10-15H2,1H3,(H,22,24). The molecule has 0 aromatic heterocycles. The van der Waals surface area contributed by atoms with Gasteiger partial charge < -0.3 is 10.1 Å². The van der Waals surface area contributed by atoms with Gasteiger partial charge in [0, 0.05) is 31.7 Å². The Morgan fingerprint density at radius 2 is 1.61 bits per heavy atom. The first-order valence-corrected chi connectivity index (χ1v) is 10.7. The summed E-state index contributed by atoms with van der Waals surface area (Å²) in [5.74, 6) is -0.245. The van der Waals surface area contributed by atoms with Crippen LogP contribution in [0.25, 0.3) is 0 Å². The monoisotopic (exact) mass is 403 g/mol. The van der Waals surface area contributed by atoms with Crippen LogP contribution in [0.15, 0.2) is 53.4 Å². The SMILES string of the molecule is CNS(=O)(=O)c1ccc(C(=O)NCc2ccc(CN3CCOCC3)cc2)cc1. The lowest BCUT2D eigenvalue weighted by atomic mass is 10.1. The van der Waals surface area contributed by atoms with Gasteiger partial charge in [-0.15, -0.1) is 0 Å². The average Bonchev–Trinajstić information content (AvgIpc) is 2.74. The van der Waals surface area contributed by atoms with Crippen molar-refractivity contribution >= 4 is 15.9 Å². The number of rotatable bonds is 7. The quantitative estimate of drug-likeness (QED) is 0.729. The van der Waals surface area contributed by atoms with Crippen molar-refractivity contribution in [1.82, 2.24) is 14.9 Å². The van der Waals surface area contributed by atoms with Crippen molar-refractivity contribution in [2.24, 2.45) is 0 Å². The minimum Gasteiger partial charge on any atom is -0.379 e. The van der Waals surface area contributed by atoms with E-state index in [1.54, 1.807) is 0 Å². The fourth-order valence-electron chi connectivity index (χ4n) is 2.97. The van der Waals surface area contributed by atoms with E-state index in [0.717, 1.165) is 38.4 Å². The molecule has 3 rings (SSSR count). The molecule has 1 aliphatic heterocycles. The molecule has 0 radical (unpaired) electrons. The van der Waals surface area contributed by atoms with Gasteiger partial charge in [-0.05, 0) is 42.4 Å². The number of carbonyl (C=O) groups is 1. The van der Waals surface area contributed by atoms with Gasteiger partial charge in [0.2, 0.25) is 10.0 Å². The first-order valence-electron chi connectivity index (χ1n) is 9.18. The van der Waals surface area contributed by atoms with E-state index in [-0.39, 0.29) is 10.8 Å². The van der Waals surface area contributed by atoms with E-state index in [1.807, 2.05) is 12.1 Å². The first-order chi connectivity index (χ1) is 13.5. The maximum absolute atomic E-state index is 12.3. The summed E-state index contributed by atoms with van der Waals surface area (Å²) in [5.41, 5.74) is 2.66. The Kier molecular flexibility index (Phi) is 6.79. The summed E-state index contributed by atoms with van der Waals surface area (Å²) in [6.07, 6.45) is 0. The molecular weight excluding hydrogens is 378 g/mol. The lowest BCUT2D eigenvalue weighted by molar-refractivity contribution is 0.0342. The smallest absolute Gasteiger partial charge is 0.251 e. The first kappa shape index (κ1) is 20.5. The molecule has 0 saturated carbocycles. The predicted molar refractivity (Wildman–Crippen MR) is 106 cm³/mol. The number of amides is 1. The number of ether oxygens (including phenoxy) is 1. The Morgan fingerprint density at radius 3 is 2.21 bits per heavy atom. The molecule has 0 atom stereocenters. The van der Waals surface area contributed by atoms with E-state index in [0.29, 0.717) is 12.1 Å². The molecule has 7 nitrogen and oxygen atoms in total. The van der Waals surface area contributed by atoms with Crippen LogP contribution >= 0.6 is 0 Å². The van der Waals surface area contributed by atoms with Gasteiger partial charge in [0.1, 0.15) is 0 Å². The number of hydrogen-bond acceptors (Lipinski definition) is 5. The molecule has 2 aromatic rings. The molecule has 150 valence electrons. The summed E-state index contributed by atoms with van der Waals surface area (Å²) in [4.78, 5) is 14.8. The molecule has 1 fully saturated rings. The van der Waals surface area contributed by atoms with Crippen LogP contribution in [0.2, 0.25) is 0 Å². The van der Waals surface area contributed by atoms with Crippen LogP contribution in [0.1, 0.15) is 21.5 Å². The fraction of sp³-hybridized carbons (Fsp3) is 0.350. The van der Waals surface area contributed by atoms with Gasteiger partial charge in [-0.25, -0.2) is 13.1 Å². The lowest BCUT2D eigenvalue weighted by Crippen LogP contribution is -2.35. The van der Waals surface area contributed by atoms with Crippen LogP contribution in [-0.2, 0) is 27.8 Å².